The molecule has 1 aliphatic heterocycles. The molecule has 1 aromatic rings. The highest BCUT2D eigenvalue weighted by Gasteiger charge is 2.60. The summed E-state index contributed by atoms with van der Waals surface area (Å²) in [5.41, 5.74) is 0.614. The highest BCUT2D eigenvalue weighted by molar-refractivity contribution is 6.05. The summed E-state index contributed by atoms with van der Waals surface area (Å²) in [6.45, 7) is 0. The lowest BCUT2D eigenvalue weighted by molar-refractivity contribution is 0.153. The molecule has 1 aliphatic carbocycles. The second-order valence-corrected chi connectivity index (χ2v) is 4.23. The number of rotatable bonds is 2. The summed E-state index contributed by atoms with van der Waals surface area (Å²) >= 11 is 0. The van der Waals surface area contributed by atoms with E-state index in [9.17, 15) is 9.59 Å². The van der Waals surface area contributed by atoms with E-state index in [2.05, 4.69) is 4.98 Å². The number of carboxylic acid groups (broad SMARTS) is 1. The molecule has 7 heteroatoms. The summed E-state index contributed by atoms with van der Waals surface area (Å²) in [6, 6.07) is 2.52. The van der Waals surface area contributed by atoms with Crippen molar-refractivity contribution in [3.63, 3.8) is 0 Å². The van der Waals surface area contributed by atoms with Crippen molar-refractivity contribution < 1.29 is 19.4 Å². The Hall–Kier alpha value is -2.31. The number of methoxy groups -OCH3 is 1. The average Bonchev–Trinajstić information content (AvgIpc) is 3.04. The van der Waals surface area contributed by atoms with Gasteiger partial charge in [-0.25, -0.2) is 19.5 Å². The largest absolute Gasteiger partial charge is 0.481 e. The zero-order valence-electron chi connectivity index (χ0n) is 9.61. The number of anilines is 1. The van der Waals surface area contributed by atoms with Gasteiger partial charge >= 0.3 is 12.1 Å². The molecule has 1 N–H and O–H groups in total. The van der Waals surface area contributed by atoms with Gasteiger partial charge in [-0.05, 0) is 12.5 Å². The number of imide groups is 1. The number of hydrogen-bond donors (Lipinski definition) is 1. The molecule has 1 aromatic heterocycles. The molecule has 2 aliphatic rings. The highest BCUT2D eigenvalue weighted by Crippen LogP contribution is 2.43. The first-order valence-corrected chi connectivity index (χ1v) is 5.49. The molecule has 0 bridgehead atoms. The molecular weight excluding hydrogens is 238 g/mol. The maximum Gasteiger partial charge on any atom is 0.415 e. The number of nitrogens with zero attached hydrogens (tertiary/aromatic N) is 3. The van der Waals surface area contributed by atoms with E-state index in [-0.39, 0.29) is 12.1 Å². The normalized spacial score (nSPS) is 25.1. The number of amides is 3. The minimum Gasteiger partial charge on any atom is -0.481 e. The summed E-state index contributed by atoms with van der Waals surface area (Å²) < 4.78 is 4.99. The first-order chi connectivity index (χ1) is 8.63. The van der Waals surface area contributed by atoms with Crippen molar-refractivity contribution in [2.24, 2.45) is 0 Å². The summed E-state index contributed by atoms with van der Waals surface area (Å²) in [5, 5.41) is 8.99. The molecule has 1 saturated heterocycles. The van der Waals surface area contributed by atoms with Gasteiger partial charge in [0.15, 0.2) is 0 Å². The van der Waals surface area contributed by atoms with Crippen molar-refractivity contribution >= 4 is 17.8 Å². The molecule has 3 rings (SSSR count). The van der Waals surface area contributed by atoms with Crippen molar-refractivity contribution in [1.82, 2.24) is 9.88 Å². The van der Waals surface area contributed by atoms with Gasteiger partial charge in [0.05, 0.1) is 24.9 Å². The predicted octanol–water partition coefficient (Wildman–Crippen LogP) is 1.15. The van der Waals surface area contributed by atoms with E-state index < -0.39 is 12.1 Å². The van der Waals surface area contributed by atoms with Gasteiger partial charge < -0.3 is 9.84 Å². The summed E-state index contributed by atoms with van der Waals surface area (Å²) in [7, 11) is 1.49. The molecule has 2 unspecified atom stereocenters. The standard InChI is InChI=1S/C11H11N3O4/c1-18-9-4-6(2-3-12-9)13-7-5-8(7)14(10(13)15)11(16)17/h2-4,7-8H,5H2,1H3,(H,16,17). The van der Waals surface area contributed by atoms with E-state index in [1.165, 1.54) is 18.2 Å². The molecule has 18 heavy (non-hydrogen) atoms. The lowest BCUT2D eigenvalue weighted by Gasteiger charge is -2.20. The number of fused-ring (bicyclic) bond motifs is 1. The quantitative estimate of drug-likeness (QED) is 0.850. The number of aromatic nitrogens is 1. The van der Waals surface area contributed by atoms with Crippen LogP contribution in [0.15, 0.2) is 18.3 Å². The number of carbonyl (C=O) groups excluding carboxylic acids is 1. The van der Waals surface area contributed by atoms with Crippen molar-refractivity contribution in [3.8, 4) is 5.88 Å². The molecule has 1 saturated carbocycles. The Morgan fingerprint density at radius 3 is 2.94 bits per heavy atom. The van der Waals surface area contributed by atoms with Crippen LogP contribution in [0.25, 0.3) is 0 Å². The number of ether oxygens (including phenoxy) is 1. The van der Waals surface area contributed by atoms with Crippen LogP contribution in [0.5, 0.6) is 5.88 Å². The Labute approximate surface area is 103 Å². The maximum atomic E-state index is 12.0. The van der Waals surface area contributed by atoms with Crippen molar-refractivity contribution in [1.29, 1.82) is 0 Å². The maximum absolute atomic E-state index is 12.0. The van der Waals surface area contributed by atoms with Gasteiger partial charge in [-0.15, -0.1) is 0 Å². The number of hydrogen-bond acceptors (Lipinski definition) is 4. The SMILES string of the molecule is COc1cc(N2C(=O)N(C(=O)O)C3CC32)ccn1. The third kappa shape index (κ3) is 1.40. The molecule has 0 radical (unpaired) electrons. The van der Waals surface area contributed by atoms with E-state index >= 15 is 0 Å². The lowest BCUT2D eigenvalue weighted by Crippen LogP contribution is -2.39. The molecule has 94 valence electrons. The van der Waals surface area contributed by atoms with E-state index in [1.54, 1.807) is 12.1 Å². The van der Waals surface area contributed by atoms with Gasteiger partial charge in [0.2, 0.25) is 5.88 Å². The van der Waals surface area contributed by atoms with Crippen molar-refractivity contribution in [3.05, 3.63) is 18.3 Å². The van der Waals surface area contributed by atoms with Crippen LogP contribution in [0.2, 0.25) is 0 Å². The van der Waals surface area contributed by atoms with Gasteiger partial charge in [0, 0.05) is 12.3 Å². The Morgan fingerprint density at radius 2 is 2.33 bits per heavy atom. The second-order valence-electron chi connectivity index (χ2n) is 4.23. The van der Waals surface area contributed by atoms with Gasteiger partial charge in [0.1, 0.15) is 0 Å². The molecular formula is C11H11N3O4. The van der Waals surface area contributed by atoms with Crippen molar-refractivity contribution in [2.75, 3.05) is 12.0 Å². The van der Waals surface area contributed by atoms with Crippen LogP contribution in [-0.4, -0.2) is 46.3 Å². The fourth-order valence-electron chi connectivity index (χ4n) is 2.31. The monoisotopic (exact) mass is 249 g/mol. The number of carbonyl (C=O) groups is 2. The molecule has 7 nitrogen and oxygen atoms in total. The molecule has 2 heterocycles. The molecule has 3 amide bonds. The minimum atomic E-state index is -1.20. The van der Waals surface area contributed by atoms with Crippen LogP contribution in [0.3, 0.4) is 0 Å². The second kappa shape index (κ2) is 3.59. The summed E-state index contributed by atoms with van der Waals surface area (Å²) in [4.78, 5) is 29.3. The van der Waals surface area contributed by atoms with E-state index in [4.69, 9.17) is 9.84 Å². The first kappa shape index (κ1) is 10.8. The van der Waals surface area contributed by atoms with Gasteiger partial charge in [-0.3, -0.25) is 4.90 Å². The van der Waals surface area contributed by atoms with Gasteiger partial charge in [0.25, 0.3) is 0 Å². The number of urea groups is 1. The Kier molecular flexibility index (Phi) is 2.16. The molecule has 2 fully saturated rings. The third-order valence-electron chi connectivity index (χ3n) is 3.21. The van der Waals surface area contributed by atoms with E-state index in [0.29, 0.717) is 18.0 Å². The Bertz CT molecular complexity index is 533. The zero-order valence-corrected chi connectivity index (χ0v) is 9.61. The van der Waals surface area contributed by atoms with Crippen LogP contribution < -0.4 is 9.64 Å². The Balaban J connectivity index is 1.93. The van der Waals surface area contributed by atoms with Crippen LogP contribution in [0, 0.1) is 0 Å². The average molecular weight is 249 g/mol. The summed E-state index contributed by atoms with van der Waals surface area (Å²) in [6.07, 6.45) is 1.02. The van der Waals surface area contributed by atoms with Gasteiger partial charge in [-0.1, -0.05) is 0 Å². The highest BCUT2D eigenvalue weighted by atomic mass is 16.5. The third-order valence-corrected chi connectivity index (χ3v) is 3.21. The predicted molar refractivity (Wildman–Crippen MR) is 60.7 cm³/mol. The molecule has 2 atom stereocenters. The smallest absolute Gasteiger partial charge is 0.415 e. The first-order valence-electron chi connectivity index (χ1n) is 5.49. The van der Waals surface area contributed by atoms with Crippen molar-refractivity contribution in [2.45, 2.75) is 18.5 Å². The van der Waals surface area contributed by atoms with Crippen LogP contribution in [0.4, 0.5) is 15.3 Å². The van der Waals surface area contributed by atoms with Crippen LogP contribution in [-0.2, 0) is 0 Å². The van der Waals surface area contributed by atoms with Gasteiger partial charge in [-0.2, -0.15) is 0 Å². The topological polar surface area (TPSA) is 83.0 Å². The van der Waals surface area contributed by atoms with E-state index in [1.807, 2.05) is 0 Å². The Morgan fingerprint density at radius 1 is 1.56 bits per heavy atom. The fraction of sp³-hybridized carbons (Fsp3) is 0.364. The van der Waals surface area contributed by atoms with Crippen LogP contribution >= 0.6 is 0 Å². The molecule has 0 aromatic carbocycles. The van der Waals surface area contributed by atoms with E-state index in [0.717, 1.165) is 4.90 Å². The minimum absolute atomic E-state index is 0.0549. The zero-order chi connectivity index (χ0) is 12.9. The fourth-order valence-corrected chi connectivity index (χ4v) is 2.31. The molecule has 0 spiro atoms. The van der Waals surface area contributed by atoms with Crippen LogP contribution in [0.1, 0.15) is 6.42 Å². The number of pyridine rings is 1. The summed E-state index contributed by atoms with van der Waals surface area (Å²) in [5.74, 6) is 0.395. The lowest BCUT2D eigenvalue weighted by atomic mass is 10.3.